The van der Waals surface area contributed by atoms with Crippen LogP contribution in [-0.2, 0) is 0 Å². The van der Waals surface area contributed by atoms with Gasteiger partial charge in [0, 0.05) is 12.3 Å². The molecule has 0 N–H and O–H groups in total. The average molecular weight is 215 g/mol. The van der Waals surface area contributed by atoms with E-state index in [1.165, 1.54) is 0 Å². The number of hydrogen-bond donors (Lipinski definition) is 0. The van der Waals surface area contributed by atoms with Crippen LogP contribution < -0.4 is 9.47 Å². The number of aromatic nitrogens is 1. The fourth-order valence-corrected chi connectivity index (χ4v) is 1.25. The van der Waals surface area contributed by atoms with Crippen molar-refractivity contribution in [2.45, 2.75) is 0 Å². The highest BCUT2D eigenvalue weighted by Crippen LogP contribution is 2.08. The molecule has 0 spiro atoms. The second-order valence-corrected chi connectivity index (χ2v) is 3.18. The van der Waals surface area contributed by atoms with E-state index in [0.29, 0.717) is 19.1 Å². The third-order valence-electron chi connectivity index (χ3n) is 1.98. The Morgan fingerprint density at radius 2 is 1.56 bits per heavy atom. The number of nitrogens with zero attached hydrogens (tertiary/aromatic N) is 1. The fraction of sp³-hybridized carbons (Fsp3) is 0.154. The van der Waals surface area contributed by atoms with Crippen LogP contribution in [0.25, 0.3) is 0 Å². The molecule has 16 heavy (non-hydrogen) atoms. The van der Waals surface area contributed by atoms with Crippen molar-refractivity contribution in [1.82, 2.24) is 4.98 Å². The van der Waals surface area contributed by atoms with E-state index in [1.807, 2.05) is 48.5 Å². The number of pyridine rings is 1. The van der Waals surface area contributed by atoms with Crippen LogP contribution in [0.4, 0.5) is 0 Å². The molecule has 0 fully saturated rings. The summed E-state index contributed by atoms with van der Waals surface area (Å²) >= 11 is 0. The Morgan fingerprint density at radius 1 is 0.812 bits per heavy atom. The minimum atomic E-state index is 0.492. The van der Waals surface area contributed by atoms with Gasteiger partial charge < -0.3 is 9.47 Å². The highest BCUT2D eigenvalue weighted by Gasteiger charge is 1.94. The third-order valence-corrected chi connectivity index (χ3v) is 1.98. The molecule has 0 aliphatic heterocycles. The molecule has 1 heterocycles. The molecule has 0 atom stereocenters. The van der Waals surface area contributed by atoms with E-state index in [0.717, 1.165) is 5.75 Å². The van der Waals surface area contributed by atoms with Crippen LogP contribution in [0.3, 0.4) is 0 Å². The Balaban J connectivity index is 1.70. The first-order valence-electron chi connectivity index (χ1n) is 5.17. The van der Waals surface area contributed by atoms with Crippen LogP contribution in [0.5, 0.6) is 11.6 Å². The third kappa shape index (κ3) is 3.28. The van der Waals surface area contributed by atoms with Gasteiger partial charge in [-0.3, -0.25) is 0 Å². The van der Waals surface area contributed by atoms with Crippen molar-refractivity contribution >= 4 is 0 Å². The molecule has 2 aromatic rings. The first-order valence-corrected chi connectivity index (χ1v) is 5.17. The zero-order valence-electron chi connectivity index (χ0n) is 8.87. The highest BCUT2D eigenvalue weighted by molar-refractivity contribution is 5.20. The lowest BCUT2D eigenvalue weighted by Gasteiger charge is -2.06. The van der Waals surface area contributed by atoms with Crippen LogP contribution in [0.15, 0.2) is 54.7 Å². The quantitative estimate of drug-likeness (QED) is 0.718. The fourth-order valence-electron chi connectivity index (χ4n) is 1.25. The van der Waals surface area contributed by atoms with E-state index in [1.54, 1.807) is 6.20 Å². The van der Waals surface area contributed by atoms with Crippen molar-refractivity contribution in [3.63, 3.8) is 0 Å². The Morgan fingerprint density at radius 3 is 2.31 bits per heavy atom. The summed E-state index contributed by atoms with van der Waals surface area (Å²) in [6.45, 7) is 1.01. The summed E-state index contributed by atoms with van der Waals surface area (Å²) in [5.74, 6) is 1.48. The molecule has 0 amide bonds. The van der Waals surface area contributed by atoms with Crippen molar-refractivity contribution in [2.75, 3.05) is 13.2 Å². The summed E-state index contributed by atoms with van der Waals surface area (Å²) in [7, 11) is 0. The number of para-hydroxylation sites is 1. The lowest BCUT2D eigenvalue weighted by molar-refractivity contribution is 0.212. The Labute approximate surface area is 94.7 Å². The van der Waals surface area contributed by atoms with Crippen LogP contribution >= 0.6 is 0 Å². The van der Waals surface area contributed by atoms with Crippen LogP contribution in [0, 0.1) is 0 Å². The number of rotatable bonds is 5. The smallest absolute Gasteiger partial charge is 0.213 e. The van der Waals surface area contributed by atoms with Crippen LogP contribution in [-0.4, -0.2) is 18.2 Å². The summed E-state index contributed by atoms with van der Waals surface area (Å²) in [6.07, 6.45) is 1.70. The zero-order valence-corrected chi connectivity index (χ0v) is 8.87. The lowest BCUT2D eigenvalue weighted by atomic mass is 10.3. The monoisotopic (exact) mass is 215 g/mol. The van der Waals surface area contributed by atoms with Gasteiger partial charge in [0.15, 0.2) is 0 Å². The maximum Gasteiger partial charge on any atom is 0.213 e. The van der Waals surface area contributed by atoms with E-state index < -0.39 is 0 Å². The van der Waals surface area contributed by atoms with Gasteiger partial charge in [-0.15, -0.1) is 0 Å². The van der Waals surface area contributed by atoms with Gasteiger partial charge >= 0.3 is 0 Å². The van der Waals surface area contributed by atoms with Gasteiger partial charge in [-0.05, 0) is 18.2 Å². The van der Waals surface area contributed by atoms with Gasteiger partial charge in [-0.2, -0.15) is 0 Å². The minimum Gasteiger partial charge on any atom is -0.490 e. The predicted molar refractivity (Wildman–Crippen MR) is 61.7 cm³/mol. The summed E-state index contributed by atoms with van der Waals surface area (Å²) in [4.78, 5) is 4.05. The molecule has 0 saturated heterocycles. The van der Waals surface area contributed by atoms with Crippen LogP contribution in [0.1, 0.15) is 0 Å². The zero-order chi connectivity index (χ0) is 11.1. The SMILES string of the molecule is c1ccc(OCCOc2ccccn2)cc1. The highest BCUT2D eigenvalue weighted by atomic mass is 16.5. The van der Waals surface area contributed by atoms with Crippen molar-refractivity contribution in [1.29, 1.82) is 0 Å². The van der Waals surface area contributed by atoms with Crippen molar-refractivity contribution < 1.29 is 9.47 Å². The summed E-state index contributed by atoms with van der Waals surface area (Å²) in [5.41, 5.74) is 0. The number of hydrogen-bond acceptors (Lipinski definition) is 3. The van der Waals surface area contributed by atoms with Gasteiger partial charge in [0.05, 0.1) is 0 Å². The van der Waals surface area contributed by atoms with Gasteiger partial charge in [0.25, 0.3) is 0 Å². The van der Waals surface area contributed by atoms with Gasteiger partial charge in [-0.1, -0.05) is 24.3 Å². The van der Waals surface area contributed by atoms with E-state index in [2.05, 4.69) is 4.98 Å². The largest absolute Gasteiger partial charge is 0.490 e. The van der Waals surface area contributed by atoms with E-state index in [9.17, 15) is 0 Å². The van der Waals surface area contributed by atoms with Crippen molar-refractivity contribution in [3.05, 3.63) is 54.7 Å². The number of benzene rings is 1. The molecule has 82 valence electrons. The van der Waals surface area contributed by atoms with E-state index in [4.69, 9.17) is 9.47 Å². The molecule has 1 aromatic heterocycles. The topological polar surface area (TPSA) is 31.4 Å². The maximum atomic E-state index is 5.47. The summed E-state index contributed by atoms with van der Waals surface area (Å²) in [5, 5.41) is 0. The summed E-state index contributed by atoms with van der Waals surface area (Å²) in [6, 6.07) is 15.2. The minimum absolute atomic E-state index is 0.492. The van der Waals surface area contributed by atoms with Crippen molar-refractivity contribution in [2.24, 2.45) is 0 Å². The molecular weight excluding hydrogens is 202 g/mol. The van der Waals surface area contributed by atoms with E-state index >= 15 is 0 Å². The Kier molecular flexibility index (Phi) is 3.77. The molecule has 1 aromatic carbocycles. The maximum absolute atomic E-state index is 5.47. The first kappa shape index (κ1) is 10.5. The standard InChI is InChI=1S/C13H13NO2/c1-2-6-12(7-3-1)15-10-11-16-13-8-4-5-9-14-13/h1-9H,10-11H2. The van der Waals surface area contributed by atoms with Gasteiger partial charge in [-0.25, -0.2) is 4.98 Å². The van der Waals surface area contributed by atoms with Gasteiger partial charge in [0.2, 0.25) is 5.88 Å². The Hall–Kier alpha value is -2.03. The molecular formula is C13H13NO2. The molecule has 0 unspecified atom stereocenters. The van der Waals surface area contributed by atoms with Crippen LogP contribution in [0.2, 0.25) is 0 Å². The average Bonchev–Trinajstić information content (AvgIpc) is 2.37. The Bertz CT molecular complexity index is 361. The molecule has 3 nitrogen and oxygen atoms in total. The molecule has 0 saturated carbocycles. The predicted octanol–water partition coefficient (Wildman–Crippen LogP) is 2.54. The molecule has 0 aliphatic carbocycles. The second kappa shape index (κ2) is 5.75. The van der Waals surface area contributed by atoms with Gasteiger partial charge in [0.1, 0.15) is 19.0 Å². The molecule has 0 radical (unpaired) electrons. The molecule has 2 rings (SSSR count). The van der Waals surface area contributed by atoms with Crippen molar-refractivity contribution in [3.8, 4) is 11.6 Å². The molecule has 0 aliphatic rings. The molecule has 0 bridgehead atoms. The second-order valence-electron chi connectivity index (χ2n) is 3.18. The first-order chi connectivity index (χ1) is 7.95. The number of ether oxygens (including phenoxy) is 2. The lowest BCUT2D eigenvalue weighted by Crippen LogP contribution is -2.09. The summed E-state index contributed by atoms with van der Waals surface area (Å²) < 4.78 is 10.9. The molecule has 3 heteroatoms. The van der Waals surface area contributed by atoms with E-state index in [-0.39, 0.29) is 0 Å². The normalized spacial score (nSPS) is 9.75.